The van der Waals surface area contributed by atoms with Gasteiger partial charge in [-0.05, 0) is 49.6 Å². The van der Waals surface area contributed by atoms with Crippen LogP contribution in [0.5, 0.6) is 5.75 Å². The van der Waals surface area contributed by atoms with Gasteiger partial charge in [0, 0.05) is 23.6 Å². The molecule has 8 nitrogen and oxygen atoms in total. The lowest BCUT2D eigenvalue weighted by atomic mass is 10.1. The van der Waals surface area contributed by atoms with Crippen molar-refractivity contribution in [3.05, 3.63) is 72.6 Å². The summed E-state index contributed by atoms with van der Waals surface area (Å²) in [6.07, 6.45) is 0. The van der Waals surface area contributed by atoms with Gasteiger partial charge in [0.1, 0.15) is 17.0 Å². The Hall–Kier alpha value is -3.39. The summed E-state index contributed by atoms with van der Waals surface area (Å²) in [7, 11) is 0. The van der Waals surface area contributed by atoms with Crippen LogP contribution in [0.4, 0.5) is 11.4 Å². The van der Waals surface area contributed by atoms with Crippen LogP contribution in [-0.2, 0) is 4.79 Å². The lowest BCUT2D eigenvalue weighted by Crippen LogP contribution is -2.21. The van der Waals surface area contributed by atoms with E-state index in [-0.39, 0.29) is 27.7 Å². The Morgan fingerprint density at radius 1 is 1.14 bits per heavy atom. The minimum Gasteiger partial charge on any atom is -0.482 e. The van der Waals surface area contributed by atoms with Crippen LogP contribution in [-0.4, -0.2) is 17.4 Å². The smallest absolute Gasteiger partial charge is 0.336 e. The van der Waals surface area contributed by atoms with E-state index in [0.29, 0.717) is 10.9 Å². The SMILES string of the molecule is Cc1cc(NC(=O)COc2cc3oc(=O)cc(C)c3cc2Cl)c([N+](=O)[O-])cc1C. The minimum atomic E-state index is -0.599. The van der Waals surface area contributed by atoms with Gasteiger partial charge < -0.3 is 14.5 Å². The van der Waals surface area contributed by atoms with Gasteiger partial charge in [-0.15, -0.1) is 0 Å². The van der Waals surface area contributed by atoms with Gasteiger partial charge in [0.05, 0.1) is 9.95 Å². The number of halogens is 1. The summed E-state index contributed by atoms with van der Waals surface area (Å²) in [5, 5.41) is 14.6. The van der Waals surface area contributed by atoms with Gasteiger partial charge in [-0.2, -0.15) is 0 Å². The van der Waals surface area contributed by atoms with Crippen LogP contribution in [0, 0.1) is 30.9 Å². The molecule has 0 bridgehead atoms. The molecule has 0 spiro atoms. The van der Waals surface area contributed by atoms with E-state index in [1.54, 1.807) is 26.8 Å². The molecule has 150 valence electrons. The Morgan fingerprint density at radius 3 is 2.52 bits per heavy atom. The first-order chi connectivity index (χ1) is 13.7. The molecule has 0 unspecified atom stereocenters. The number of nitrogens with one attached hydrogen (secondary N) is 1. The fourth-order valence-corrected chi connectivity index (χ4v) is 3.03. The number of benzene rings is 2. The molecule has 0 aliphatic carbocycles. The number of rotatable bonds is 5. The van der Waals surface area contributed by atoms with Crippen molar-refractivity contribution in [2.24, 2.45) is 0 Å². The van der Waals surface area contributed by atoms with Crippen molar-refractivity contribution in [3.8, 4) is 5.75 Å². The van der Waals surface area contributed by atoms with Gasteiger partial charge in [0.15, 0.2) is 6.61 Å². The maximum Gasteiger partial charge on any atom is 0.336 e. The minimum absolute atomic E-state index is 0.0814. The second-order valence-corrected chi connectivity index (χ2v) is 6.98. The van der Waals surface area contributed by atoms with Crippen molar-refractivity contribution in [3.63, 3.8) is 0 Å². The molecule has 29 heavy (non-hydrogen) atoms. The number of aryl methyl sites for hydroxylation is 3. The van der Waals surface area contributed by atoms with Gasteiger partial charge in [-0.25, -0.2) is 4.79 Å². The van der Waals surface area contributed by atoms with Crippen molar-refractivity contribution >= 4 is 39.9 Å². The molecule has 3 aromatic rings. The van der Waals surface area contributed by atoms with Crippen LogP contribution >= 0.6 is 11.6 Å². The van der Waals surface area contributed by atoms with Gasteiger partial charge in [0.2, 0.25) is 0 Å². The lowest BCUT2D eigenvalue weighted by molar-refractivity contribution is -0.384. The van der Waals surface area contributed by atoms with Crippen molar-refractivity contribution < 1.29 is 18.9 Å². The van der Waals surface area contributed by atoms with Crippen LogP contribution in [0.15, 0.2) is 39.5 Å². The van der Waals surface area contributed by atoms with Crippen molar-refractivity contribution in [1.29, 1.82) is 0 Å². The van der Waals surface area contributed by atoms with Gasteiger partial charge in [-0.3, -0.25) is 14.9 Å². The molecule has 1 heterocycles. The maximum absolute atomic E-state index is 12.3. The monoisotopic (exact) mass is 416 g/mol. The fourth-order valence-electron chi connectivity index (χ4n) is 2.81. The van der Waals surface area contributed by atoms with Crippen molar-refractivity contribution in [2.75, 3.05) is 11.9 Å². The number of hydrogen-bond acceptors (Lipinski definition) is 6. The molecule has 0 fully saturated rings. The predicted molar refractivity (Wildman–Crippen MR) is 109 cm³/mol. The van der Waals surface area contributed by atoms with Crippen molar-refractivity contribution in [2.45, 2.75) is 20.8 Å². The highest BCUT2D eigenvalue weighted by Crippen LogP contribution is 2.31. The van der Waals surface area contributed by atoms with E-state index < -0.39 is 23.1 Å². The molecule has 0 atom stereocenters. The summed E-state index contributed by atoms with van der Waals surface area (Å²) < 4.78 is 10.6. The molecule has 9 heteroatoms. The molecular formula is C20H17ClN2O6. The molecule has 2 aromatic carbocycles. The number of hydrogen-bond donors (Lipinski definition) is 1. The number of ether oxygens (including phenoxy) is 1. The number of carbonyl (C=O) groups excluding carboxylic acids is 1. The highest BCUT2D eigenvalue weighted by atomic mass is 35.5. The van der Waals surface area contributed by atoms with E-state index in [9.17, 15) is 19.7 Å². The third-order valence-corrected chi connectivity index (χ3v) is 4.74. The Bertz CT molecular complexity index is 1200. The van der Waals surface area contributed by atoms with Crippen LogP contribution in [0.2, 0.25) is 5.02 Å². The maximum atomic E-state index is 12.3. The Balaban J connectivity index is 1.80. The molecule has 0 saturated heterocycles. The molecule has 3 rings (SSSR count). The largest absolute Gasteiger partial charge is 0.482 e. The third kappa shape index (κ3) is 4.38. The average Bonchev–Trinajstić information content (AvgIpc) is 2.63. The highest BCUT2D eigenvalue weighted by Gasteiger charge is 2.18. The zero-order valence-corrected chi connectivity index (χ0v) is 16.6. The number of anilines is 1. The number of amides is 1. The topological polar surface area (TPSA) is 112 Å². The number of carbonyl (C=O) groups is 1. The van der Waals surface area contributed by atoms with Crippen LogP contribution in [0.25, 0.3) is 11.0 Å². The zero-order chi connectivity index (χ0) is 21.3. The van der Waals surface area contributed by atoms with E-state index in [1.165, 1.54) is 24.3 Å². The van der Waals surface area contributed by atoms with Crippen molar-refractivity contribution in [1.82, 2.24) is 0 Å². The summed E-state index contributed by atoms with van der Waals surface area (Å²) in [5.41, 5.74) is 1.88. The van der Waals surface area contributed by atoms with E-state index in [0.717, 1.165) is 11.1 Å². The third-order valence-electron chi connectivity index (χ3n) is 4.45. The summed E-state index contributed by atoms with van der Waals surface area (Å²) in [6.45, 7) is 4.85. The summed E-state index contributed by atoms with van der Waals surface area (Å²) >= 11 is 6.20. The van der Waals surface area contributed by atoms with E-state index >= 15 is 0 Å². The molecule has 0 aliphatic rings. The average molecular weight is 417 g/mol. The number of nitro groups is 1. The molecule has 0 saturated carbocycles. The Labute approximate surface area is 170 Å². The van der Waals surface area contributed by atoms with E-state index in [4.69, 9.17) is 20.8 Å². The second-order valence-electron chi connectivity index (χ2n) is 6.57. The summed E-state index contributed by atoms with van der Waals surface area (Å²) in [4.78, 5) is 34.5. The first-order valence-corrected chi connectivity index (χ1v) is 8.96. The molecule has 1 amide bonds. The normalized spacial score (nSPS) is 10.8. The Kier molecular flexibility index (Phi) is 5.56. The van der Waals surface area contributed by atoms with Crippen LogP contribution in [0.1, 0.15) is 16.7 Å². The first-order valence-electron chi connectivity index (χ1n) is 8.58. The molecule has 0 aliphatic heterocycles. The molecule has 1 N–H and O–H groups in total. The van der Waals surface area contributed by atoms with E-state index in [2.05, 4.69) is 5.32 Å². The zero-order valence-electron chi connectivity index (χ0n) is 15.9. The second kappa shape index (κ2) is 7.92. The van der Waals surface area contributed by atoms with Gasteiger partial charge in [0.25, 0.3) is 11.6 Å². The Morgan fingerprint density at radius 2 is 1.83 bits per heavy atom. The lowest BCUT2D eigenvalue weighted by Gasteiger charge is -2.11. The van der Waals surface area contributed by atoms with Gasteiger partial charge in [-0.1, -0.05) is 11.6 Å². The van der Waals surface area contributed by atoms with Gasteiger partial charge >= 0.3 is 5.63 Å². The van der Waals surface area contributed by atoms with E-state index in [1.807, 2.05) is 0 Å². The van der Waals surface area contributed by atoms with Crippen LogP contribution < -0.4 is 15.7 Å². The molecule has 1 aromatic heterocycles. The molecular weight excluding hydrogens is 400 g/mol. The fraction of sp³-hybridized carbons (Fsp3) is 0.200. The number of fused-ring (bicyclic) bond motifs is 1. The standard InChI is InChI=1S/C20H17ClN2O6/c1-10-4-15(16(23(26)27)5-11(10)2)22-19(24)9-28-18-8-17-13(7-14(18)21)12(3)6-20(25)29-17/h4-8H,9H2,1-3H3,(H,22,24). The van der Waals surface area contributed by atoms with Crippen LogP contribution in [0.3, 0.4) is 0 Å². The number of nitro benzene ring substituents is 1. The quantitative estimate of drug-likeness (QED) is 0.377. The highest BCUT2D eigenvalue weighted by molar-refractivity contribution is 6.32. The summed E-state index contributed by atoms with van der Waals surface area (Å²) in [5.74, 6) is -0.448. The summed E-state index contributed by atoms with van der Waals surface area (Å²) in [6, 6.07) is 7.29. The number of nitrogens with zero attached hydrogens (tertiary/aromatic N) is 1. The first kappa shape index (κ1) is 20.3. The predicted octanol–water partition coefficient (Wildman–Crippen LogP) is 4.30. The molecule has 0 radical (unpaired) electrons.